The zero-order valence-electron chi connectivity index (χ0n) is 13.7. The van der Waals surface area contributed by atoms with Gasteiger partial charge >= 0.3 is 0 Å². The minimum Gasteiger partial charge on any atom is -0.353 e. The Morgan fingerprint density at radius 2 is 2.09 bits per heavy atom. The van der Waals surface area contributed by atoms with Crippen molar-refractivity contribution in [2.24, 2.45) is 0 Å². The highest BCUT2D eigenvalue weighted by molar-refractivity contribution is 7.99. The van der Waals surface area contributed by atoms with Crippen LogP contribution in [0.25, 0.3) is 5.69 Å². The van der Waals surface area contributed by atoms with Gasteiger partial charge in [-0.15, -0.1) is 10.2 Å². The minimum absolute atomic E-state index is 0.0432. The molecule has 2 rings (SSSR count). The molecule has 2 aromatic rings. The van der Waals surface area contributed by atoms with Crippen molar-refractivity contribution in [3.05, 3.63) is 36.7 Å². The van der Waals surface area contributed by atoms with Gasteiger partial charge in [-0.25, -0.2) is 0 Å². The molecule has 0 bridgehead atoms. The Hall–Kier alpha value is -1.82. The van der Waals surface area contributed by atoms with Gasteiger partial charge < -0.3 is 5.32 Å². The fourth-order valence-corrected chi connectivity index (χ4v) is 3.05. The molecule has 0 aliphatic carbocycles. The summed E-state index contributed by atoms with van der Waals surface area (Å²) in [7, 11) is 0. The van der Waals surface area contributed by atoms with E-state index in [-0.39, 0.29) is 11.9 Å². The molecule has 0 fully saturated rings. The average molecular weight is 332 g/mol. The minimum atomic E-state index is 0.0432. The Morgan fingerprint density at radius 3 is 2.83 bits per heavy atom. The van der Waals surface area contributed by atoms with Crippen LogP contribution in [0.15, 0.2) is 41.8 Å². The maximum absolute atomic E-state index is 12.0. The van der Waals surface area contributed by atoms with Gasteiger partial charge in [0, 0.05) is 11.7 Å². The van der Waals surface area contributed by atoms with Gasteiger partial charge in [0.2, 0.25) is 5.91 Å². The topological polar surface area (TPSA) is 59.8 Å². The van der Waals surface area contributed by atoms with Crippen LogP contribution in [0.3, 0.4) is 0 Å². The van der Waals surface area contributed by atoms with Gasteiger partial charge in [-0.2, -0.15) is 0 Å². The van der Waals surface area contributed by atoms with Crippen LogP contribution in [0.5, 0.6) is 0 Å². The van der Waals surface area contributed by atoms with E-state index >= 15 is 0 Å². The summed E-state index contributed by atoms with van der Waals surface area (Å²) in [5.74, 6) is 0.394. The van der Waals surface area contributed by atoms with Crippen molar-refractivity contribution >= 4 is 17.7 Å². The van der Waals surface area contributed by atoms with Gasteiger partial charge in [-0.1, -0.05) is 56.1 Å². The maximum atomic E-state index is 12.0. The molecule has 23 heavy (non-hydrogen) atoms. The van der Waals surface area contributed by atoms with Gasteiger partial charge in [-0.05, 0) is 25.5 Å². The smallest absolute Gasteiger partial charge is 0.230 e. The Labute approximate surface area is 141 Å². The first-order chi connectivity index (χ1) is 11.2. The summed E-state index contributed by atoms with van der Waals surface area (Å²) in [5, 5.41) is 11.8. The van der Waals surface area contributed by atoms with E-state index in [1.165, 1.54) is 24.6 Å². The number of rotatable bonds is 9. The number of hydrogen-bond acceptors (Lipinski definition) is 4. The lowest BCUT2D eigenvalue weighted by Crippen LogP contribution is -2.33. The van der Waals surface area contributed by atoms with Crippen molar-refractivity contribution in [3.8, 4) is 5.69 Å². The maximum Gasteiger partial charge on any atom is 0.230 e. The van der Waals surface area contributed by atoms with Gasteiger partial charge in [0.15, 0.2) is 5.16 Å². The number of nitrogens with one attached hydrogen (secondary N) is 1. The average Bonchev–Trinajstić information content (AvgIpc) is 3.02. The van der Waals surface area contributed by atoms with Gasteiger partial charge in [0.25, 0.3) is 0 Å². The predicted octanol–water partition coefficient (Wildman–Crippen LogP) is 3.44. The SMILES string of the molecule is CCCCC[C@@H](C)NC(=O)CSc1nncn1-c1ccccc1. The molecule has 1 aromatic heterocycles. The largest absolute Gasteiger partial charge is 0.353 e. The molecule has 0 saturated carbocycles. The summed E-state index contributed by atoms with van der Waals surface area (Å²) in [4.78, 5) is 12.0. The first-order valence-electron chi connectivity index (χ1n) is 8.08. The number of aromatic nitrogens is 3. The zero-order valence-corrected chi connectivity index (χ0v) is 14.6. The summed E-state index contributed by atoms with van der Waals surface area (Å²) in [5.41, 5.74) is 0.994. The number of amides is 1. The third kappa shape index (κ3) is 5.71. The Balaban J connectivity index is 1.82. The number of thioether (sulfide) groups is 1. The van der Waals surface area contributed by atoms with Crippen molar-refractivity contribution in [1.82, 2.24) is 20.1 Å². The molecular formula is C17H24N4OS. The van der Waals surface area contributed by atoms with Crippen LogP contribution in [0, 0.1) is 0 Å². The van der Waals surface area contributed by atoms with Crippen LogP contribution in [-0.2, 0) is 4.79 Å². The van der Waals surface area contributed by atoms with Crippen LogP contribution < -0.4 is 5.32 Å². The van der Waals surface area contributed by atoms with Crippen molar-refractivity contribution in [2.75, 3.05) is 5.75 Å². The molecule has 1 amide bonds. The van der Waals surface area contributed by atoms with Crippen LogP contribution in [0.2, 0.25) is 0 Å². The molecule has 124 valence electrons. The summed E-state index contributed by atoms with van der Waals surface area (Å²) in [6.45, 7) is 4.24. The molecule has 1 aromatic carbocycles. The third-order valence-electron chi connectivity index (χ3n) is 3.53. The first-order valence-corrected chi connectivity index (χ1v) is 9.07. The van der Waals surface area contributed by atoms with Crippen molar-refractivity contribution in [2.45, 2.75) is 50.7 Å². The molecule has 0 spiro atoms. The van der Waals surface area contributed by atoms with E-state index in [2.05, 4.69) is 29.4 Å². The van der Waals surface area contributed by atoms with Gasteiger partial charge in [0.05, 0.1) is 5.75 Å². The van der Waals surface area contributed by atoms with Crippen LogP contribution in [0.1, 0.15) is 39.5 Å². The monoisotopic (exact) mass is 332 g/mol. The molecule has 1 N–H and O–H groups in total. The fourth-order valence-electron chi connectivity index (χ4n) is 2.31. The molecule has 0 saturated heterocycles. The lowest BCUT2D eigenvalue weighted by Gasteiger charge is -2.13. The third-order valence-corrected chi connectivity index (χ3v) is 4.47. The normalized spacial score (nSPS) is 12.1. The number of carbonyl (C=O) groups is 1. The highest BCUT2D eigenvalue weighted by Crippen LogP contribution is 2.19. The first kappa shape index (κ1) is 17.5. The van der Waals surface area contributed by atoms with E-state index in [1.807, 2.05) is 34.9 Å². The summed E-state index contributed by atoms with van der Waals surface area (Å²) in [6, 6.07) is 10.1. The fraction of sp³-hybridized carbons (Fsp3) is 0.471. The summed E-state index contributed by atoms with van der Waals surface area (Å²) in [6.07, 6.45) is 6.28. The van der Waals surface area contributed by atoms with E-state index in [0.717, 1.165) is 23.7 Å². The van der Waals surface area contributed by atoms with Crippen molar-refractivity contribution in [1.29, 1.82) is 0 Å². The lowest BCUT2D eigenvalue weighted by molar-refractivity contribution is -0.119. The van der Waals surface area contributed by atoms with E-state index in [1.54, 1.807) is 6.33 Å². The second-order valence-corrected chi connectivity index (χ2v) is 6.51. The predicted molar refractivity (Wildman–Crippen MR) is 93.8 cm³/mol. The Bertz CT molecular complexity index is 600. The quantitative estimate of drug-likeness (QED) is 0.564. The molecule has 0 aliphatic heterocycles. The highest BCUT2D eigenvalue weighted by Gasteiger charge is 2.11. The summed E-state index contributed by atoms with van der Waals surface area (Å²) >= 11 is 1.40. The zero-order chi connectivity index (χ0) is 16.5. The van der Waals surface area contributed by atoms with Crippen LogP contribution in [-0.4, -0.2) is 32.5 Å². The Morgan fingerprint density at radius 1 is 1.30 bits per heavy atom. The molecule has 0 aliphatic rings. The second-order valence-electron chi connectivity index (χ2n) is 5.57. The Kier molecular flexibility index (Phi) is 7.13. The van der Waals surface area contributed by atoms with E-state index in [4.69, 9.17) is 0 Å². The molecular weight excluding hydrogens is 308 g/mol. The van der Waals surface area contributed by atoms with Crippen LogP contribution >= 0.6 is 11.8 Å². The van der Waals surface area contributed by atoms with Crippen molar-refractivity contribution in [3.63, 3.8) is 0 Å². The van der Waals surface area contributed by atoms with E-state index in [9.17, 15) is 4.79 Å². The molecule has 5 nitrogen and oxygen atoms in total. The second kappa shape index (κ2) is 9.35. The van der Waals surface area contributed by atoms with Crippen molar-refractivity contribution < 1.29 is 4.79 Å². The number of benzene rings is 1. The van der Waals surface area contributed by atoms with E-state index in [0.29, 0.717) is 5.75 Å². The van der Waals surface area contributed by atoms with Crippen LogP contribution in [0.4, 0.5) is 0 Å². The standard InChI is InChI=1S/C17H24N4OS/c1-3-4-6-9-14(2)19-16(22)12-23-17-20-18-13-21(17)15-10-7-5-8-11-15/h5,7-8,10-11,13-14H,3-4,6,9,12H2,1-2H3,(H,19,22)/t14-/m1/s1. The number of para-hydroxylation sites is 1. The molecule has 1 atom stereocenters. The van der Waals surface area contributed by atoms with Gasteiger partial charge in [0.1, 0.15) is 6.33 Å². The number of carbonyl (C=O) groups excluding carboxylic acids is 1. The lowest BCUT2D eigenvalue weighted by atomic mass is 10.1. The van der Waals surface area contributed by atoms with E-state index < -0.39 is 0 Å². The number of hydrogen-bond donors (Lipinski definition) is 1. The highest BCUT2D eigenvalue weighted by atomic mass is 32.2. The molecule has 0 unspecified atom stereocenters. The van der Waals surface area contributed by atoms with Gasteiger partial charge in [-0.3, -0.25) is 9.36 Å². The molecule has 0 radical (unpaired) electrons. The number of nitrogens with zero attached hydrogens (tertiary/aromatic N) is 3. The summed E-state index contributed by atoms with van der Waals surface area (Å²) < 4.78 is 1.89. The number of unbranched alkanes of at least 4 members (excludes halogenated alkanes) is 2. The molecule has 1 heterocycles. The molecule has 6 heteroatoms.